The molecule has 0 amide bonds. The maximum absolute atomic E-state index is 10.8. The number of carbonyl (C=O) groups is 1. The molecule has 96 valence electrons. The normalized spacial score (nSPS) is 11.3. The van der Waals surface area contributed by atoms with E-state index in [9.17, 15) is 4.79 Å². The number of hydrogen-bond donors (Lipinski definition) is 2. The number of aromatic amines is 1. The maximum atomic E-state index is 10.8. The summed E-state index contributed by atoms with van der Waals surface area (Å²) >= 11 is 0. The van der Waals surface area contributed by atoms with Gasteiger partial charge < -0.3 is 10.1 Å². The lowest BCUT2D eigenvalue weighted by atomic mass is 10.1. The Morgan fingerprint density at radius 3 is 2.78 bits per heavy atom. The van der Waals surface area contributed by atoms with Crippen molar-refractivity contribution >= 4 is 16.9 Å². The van der Waals surface area contributed by atoms with E-state index in [2.05, 4.69) is 11.1 Å². The Hall–Kier alpha value is -1.81. The lowest BCUT2D eigenvalue weighted by Gasteiger charge is -2.18. The van der Waals surface area contributed by atoms with Crippen LogP contribution in [0, 0.1) is 6.92 Å². The van der Waals surface area contributed by atoms with Gasteiger partial charge in [-0.15, -0.1) is 0 Å². The van der Waals surface area contributed by atoms with E-state index in [-0.39, 0.29) is 6.54 Å². The Kier molecular flexibility index (Phi) is 3.67. The van der Waals surface area contributed by atoms with E-state index < -0.39 is 5.97 Å². The highest BCUT2D eigenvalue weighted by molar-refractivity contribution is 5.84. The van der Waals surface area contributed by atoms with E-state index in [0.29, 0.717) is 6.54 Å². The van der Waals surface area contributed by atoms with Crippen LogP contribution in [-0.4, -0.2) is 34.0 Å². The van der Waals surface area contributed by atoms with E-state index in [1.165, 1.54) is 10.9 Å². The van der Waals surface area contributed by atoms with Gasteiger partial charge in [0.1, 0.15) is 0 Å². The largest absolute Gasteiger partial charge is 0.480 e. The van der Waals surface area contributed by atoms with Crippen LogP contribution in [0.1, 0.15) is 18.2 Å². The second-order valence-corrected chi connectivity index (χ2v) is 4.47. The van der Waals surface area contributed by atoms with Gasteiger partial charge in [0.25, 0.3) is 0 Å². The zero-order valence-electron chi connectivity index (χ0n) is 10.7. The Morgan fingerprint density at radius 1 is 1.39 bits per heavy atom. The van der Waals surface area contributed by atoms with Crippen molar-refractivity contribution in [2.24, 2.45) is 0 Å². The summed E-state index contributed by atoms with van der Waals surface area (Å²) in [5.41, 5.74) is 3.41. The van der Waals surface area contributed by atoms with Gasteiger partial charge in [0.05, 0.1) is 6.54 Å². The van der Waals surface area contributed by atoms with Crippen LogP contribution >= 0.6 is 0 Å². The van der Waals surface area contributed by atoms with Crippen LogP contribution in [0.3, 0.4) is 0 Å². The molecular weight excluding hydrogens is 228 g/mol. The summed E-state index contributed by atoms with van der Waals surface area (Å²) in [5.74, 6) is -0.783. The summed E-state index contributed by atoms with van der Waals surface area (Å²) in [6.45, 7) is 5.48. The second kappa shape index (κ2) is 5.23. The Balaban J connectivity index is 2.30. The molecule has 0 aliphatic rings. The first kappa shape index (κ1) is 12.6. The van der Waals surface area contributed by atoms with Crippen molar-refractivity contribution in [3.8, 4) is 0 Å². The molecule has 0 spiro atoms. The molecule has 0 aliphatic heterocycles. The number of aliphatic carboxylic acids is 1. The molecule has 0 aliphatic carbocycles. The number of rotatable bonds is 5. The minimum Gasteiger partial charge on any atom is -0.480 e. The molecular formula is C14H18N2O2. The number of nitrogens with zero attached hydrogens (tertiary/aromatic N) is 1. The van der Waals surface area contributed by atoms with Crippen molar-refractivity contribution in [3.63, 3.8) is 0 Å². The highest BCUT2D eigenvalue weighted by Crippen LogP contribution is 2.23. The summed E-state index contributed by atoms with van der Waals surface area (Å²) in [6, 6.07) is 8.12. The molecule has 1 heterocycles. The fourth-order valence-corrected chi connectivity index (χ4v) is 2.23. The first-order valence-electron chi connectivity index (χ1n) is 6.12. The van der Waals surface area contributed by atoms with Gasteiger partial charge in [0.15, 0.2) is 0 Å². The van der Waals surface area contributed by atoms with Crippen molar-refractivity contribution < 1.29 is 9.90 Å². The number of carboxylic acid groups (broad SMARTS) is 1. The summed E-state index contributed by atoms with van der Waals surface area (Å²) < 4.78 is 0. The molecule has 18 heavy (non-hydrogen) atoms. The minimum absolute atomic E-state index is 0.0788. The van der Waals surface area contributed by atoms with Gasteiger partial charge in [-0.25, -0.2) is 0 Å². The third-order valence-electron chi connectivity index (χ3n) is 3.21. The quantitative estimate of drug-likeness (QED) is 0.851. The fraction of sp³-hybridized carbons (Fsp3) is 0.357. The van der Waals surface area contributed by atoms with Crippen LogP contribution in [0.5, 0.6) is 0 Å². The lowest BCUT2D eigenvalue weighted by molar-refractivity contribution is -0.138. The van der Waals surface area contributed by atoms with Crippen LogP contribution in [0.4, 0.5) is 0 Å². The van der Waals surface area contributed by atoms with Crippen LogP contribution in [0.25, 0.3) is 10.9 Å². The van der Waals surface area contributed by atoms with Crippen LogP contribution in [0.2, 0.25) is 0 Å². The average Bonchev–Trinajstić information content (AvgIpc) is 2.64. The topological polar surface area (TPSA) is 56.3 Å². The maximum Gasteiger partial charge on any atom is 0.317 e. The summed E-state index contributed by atoms with van der Waals surface area (Å²) in [7, 11) is 0. The van der Waals surface area contributed by atoms with E-state index in [0.717, 1.165) is 17.8 Å². The zero-order valence-corrected chi connectivity index (χ0v) is 10.7. The molecule has 2 aromatic rings. The van der Waals surface area contributed by atoms with Crippen LogP contribution < -0.4 is 0 Å². The molecule has 0 saturated carbocycles. The first-order valence-corrected chi connectivity index (χ1v) is 6.12. The molecule has 0 atom stereocenters. The summed E-state index contributed by atoms with van der Waals surface area (Å²) in [6.07, 6.45) is 0. The predicted octanol–water partition coefficient (Wildman–Crippen LogP) is 2.38. The number of benzene rings is 1. The van der Waals surface area contributed by atoms with Gasteiger partial charge in [-0.05, 0) is 25.1 Å². The molecule has 0 fully saturated rings. The highest BCUT2D eigenvalue weighted by atomic mass is 16.4. The number of H-pyrrole nitrogens is 1. The molecule has 2 rings (SSSR count). The highest BCUT2D eigenvalue weighted by Gasteiger charge is 2.13. The molecule has 4 heteroatoms. The van der Waals surface area contributed by atoms with Crippen LogP contribution in [0.15, 0.2) is 24.3 Å². The van der Waals surface area contributed by atoms with Crippen LogP contribution in [-0.2, 0) is 11.3 Å². The van der Waals surface area contributed by atoms with E-state index in [1.807, 2.05) is 36.9 Å². The van der Waals surface area contributed by atoms with Crippen molar-refractivity contribution in [3.05, 3.63) is 35.5 Å². The minimum atomic E-state index is -0.783. The number of hydrogen-bond acceptors (Lipinski definition) is 2. The number of carboxylic acids is 1. The molecule has 1 aromatic heterocycles. The predicted molar refractivity (Wildman–Crippen MR) is 71.6 cm³/mol. The second-order valence-electron chi connectivity index (χ2n) is 4.47. The number of likely N-dealkylation sites (N-methyl/N-ethyl adjacent to an activating group) is 1. The molecule has 0 bridgehead atoms. The Labute approximate surface area is 106 Å². The molecule has 2 N–H and O–H groups in total. The first-order chi connectivity index (χ1) is 8.61. The molecule has 4 nitrogen and oxygen atoms in total. The number of aryl methyl sites for hydroxylation is 1. The smallest absolute Gasteiger partial charge is 0.317 e. The zero-order chi connectivity index (χ0) is 13.1. The summed E-state index contributed by atoms with van der Waals surface area (Å²) in [5, 5.41) is 10.1. The SMILES string of the molecule is CCN(CC(=O)O)Cc1c(C)[nH]c2ccccc12. The van der Waals surface area contributed by atoms with Crippen molar-refractivity contribution in [2.75, 3.05) is 13.1 Å². The van der Waals surface area contributed by atoms with E-state index in [4.69, 9.17) is 5.11 Å². The Bertz CT molecular complexity index is 560. The van der Waals surface area contributed by atoms with E-state index in [1.54, 1.807) is 0 Å². The molecule has 0 saturated heterocycles. The number of nitrogens with one attached hydrogen (secondary N) is 1. The standard InChI is InChI=1S/C14H18N2O2/c1-3-16(9-14(17)18)8-12-10(2)15-13-7-5-4-6-11(12)13/h4-7,15H,3,8-9H2,1-2H3,(H,17,18). The number of aromatic nitrogens is 1. The average molecular weight is 246 g/mol. The van der Waals surface area contributed by atoms with E-state index >= 15 is 0 Å². The summed E-state index contributed by atoms with van der Waals surface area (Å²) in [4.78, 5) is 16.1. The van der Waals surface area contributed by atoms with Gasteiger partial charge in [-0.3, -0.25) is 9.69 Å². The number of fused-ring (bicyclic) bond motifs is 1. The van der Waals surface area contributed by atoms with Gasteiger partial charge >= 0.3 is 5.97 Å². The number of para-hydroxylation sites is 1. The van der Waals surface area contributed by atoms with Gasteiger partial charge in [0.2, 0.25) is 0 Å². The molecule has 0 unspecified atom stereocenters. The third-order valence-corrected chi connectivity index (χ3v) is 3.21. The monoisotopic (exact) mass is 246 g/mol. The van der Waals surface area contributed by atoms with Gasteiger partial charge in [-0.1, -0.05) is 25.1 Å². The van der Waals surface area contributed by atoms with Gasteiger partial charge in [0, 0.05) is 23.1 Å². The Morgan fingerprint density at radius 2 is 2.11 bits per heavy atom. The third kappa shape index (κ3) is 2.54. The molecule has 1 aromatic carbocycles. The van der Waals surface area contributed by atoms with Crippen molar-refractivity contribution in [2.45, 2.75) is 20.4 Å². The molecule has 0 radical (unpaired) electrons. The van der Waals surface area contributed by atoms with Crippen molar-refractivity contribution in [1.82, 2.24) is 9.88 Å². The fourth-order valence-electron chi connectivity index (χ4n) is 2.23. The lowest BCUT2D eigenvalue weighted by Crippen LogP contribution is -2.29. The van der Waals surface area contributed by atoms with Crippen molar-refractivity contribution in [1.29, 1.82) is 0 Å². The van der Waals surface area contributed by atoms with Gasteiger partial charge in [-0.2, -0.15) is 0 Å².